The number of benzene rings is 1. The molecule has 0 bridgehead atoms. The monoisotopic (exact) mass is 469 g/mol. The van der Waals surface area contributed by atoms with Gasteiger partial charge in [-0.3, -0.25) is 14.3 Å². The van der Waals surface area contributed by atoms with Gasteiger partial charge in [-0.15, -0.1) is 28.1 Å². The molecule has 3 aromatic rings. The van der Waals surface area contributed by atoms with Crippen molar-refractivity contribution in [2.45, 2.75) is 18.2 Å². The molecule has 4 rings (SSSR count). The number of carbonyl (C=O) groups excluding carboxylic acids is 1. The number of thiophene rings is 1. The van der Waals surface area contributed by atoms with Crippen LogP contribution in [-0.2, 0) is 17.9 Å². The van der Waals surface area contributed by atoms with Crippen molar-refractivity contribution in [2.75, 3.05) is 39.0 Å². The highest BCUT2D eigenvalue weighted by atomic mass is 32.2. The van der Waals surface area contributed by atoms with Gasteiger partial charge in [0.05, 0.1) is 18.4 Å². The van der Waals surface area contributed by atoms with Crippen LogP contribution in [0.1, 0.15) is 4.88 Å². The van der Waals surface area contributed by atoms with Crippen molar-refractivity contribution in [3.8, 4) is 17.1 Å². The highest BCUT2D eigenvalue weighted by Gasteiger charge is 2.23. The Morgan fingerprint density at radius 1 is 1.19 bits per heavy atom. The van der Waals surface area contributed by atoms with E-state index in [9.17, 15) is 4.79 Å². The number of para-hydroxylation sites is 1. The number of carbonyl (C=O) groups is 1. The maximum absolute atomic E-state index is 12.8. The molecule has 1 aliphatic rings. The van der Waals surface area contributed by atoms with Crippen LogP contribution in [0, 0.1) is 0 Å². The predicted molar refractivity (Wildman–Crippen MR) is 129 cm³/mol. The molecular weight excluding hydrogens is 442 g/mol. The molecule has 0 atom stereocenters. The quantitative estimate of drug-likeness (QED) is 0.352. The Morgan fingerprint density at radius 2 is 2.00 bits per heavy atom. The lowest BCUT2D eigenvalue weighted by atomic mass is 10.2. The summed E-state index contributed by atoms with van der Waals surface area (Å²) in [4.78, 5) is 18.6. The van der Waals surface area contributed by atoms with E-state index < -0.39 is 0 Å². The number of thioether (sulfide) groups is 1. The first-order valence-corrected chi connectivity index (χ1v) is 12.4. The second-order valence-electron chi connectivity index (χ2n) is 7.43. The van der Waals surface area contributed by atoms with Crippen LogP contribution < -0.4 is 4.74 Å². The lowest BCUT2D eigenvalue weighted by Gasteiger charge is -2.34. The number of ether oxygens (including phenoxy) is 1. The first kappa shape index (κ1) is 22.6. The van der Waals surface area contributed by atoms with Crippen LogP contribution in [0.25, 0.3) is 11.4 Å². The maximum Gasteiger partial charge on any atom is 0.233 e. The molecule has 1 fully saturated rings. The zero-order valence-electron chi connectivity index (χ0n) is 18.1. The van der Waals surface area contributed by atoms with Gasteiger partial charge in [-0.2, -0.15) is 0 Å². The Bertz CT molecular complexity index is 1040. The summed E-state index contributed by atoms with van der Waals surface area (Å²) in [5, 5.41) is 11.5. The Labute approximate surface area is 196 Å². The van der Waals surface area contributed by atoms with E-state index in [1.54, 1.807) is 24.5 Å². The molecular formula is C23H27N5O2S2. The minimum absolute atomic E-state index is 0.137. The maximum atomic E-state index is 12.8. The van der Waals surface area contributed by atoms with E-state index in [2.05, 4.69) is 39.2 Å². The molecule has 7 nitrogen and oxygen atoms in total. The highest BCUT2D eigenvalue weighted by Crippen LogP contribution is 2.31. The van der Waals surface area contributed by atoms with Crippen LogP contribution in [-0.4, -0.2) is 69.5 Å². The molecule has 0 unspecified atom stereocenters. The van der Waals surface area contributed by atoms with E-state index in [-0.39, 0.29) is 5.91 Å². The SMILES string of the molecule is C=CCn1c(SCC(=O)N2CCN(Cc3cccs3)CC2)nnc1-c1ccccc1OC. The normalized spacial score (nSPS) is 14.5. The topological polar surface area (TPSA) is 63.5 Å². The molecule has 0 spiro atoms. The molecule has 3 heterocycles. The average molecular weight is 470 g/mol. The van der Waals surface area contributed by atoms with Gasteiger partial charge in [0.1, 0.15) is 5.75 Å². The van der Waals surface area contributed by atoms with Gasteiger partial charge in [0, 0.05) is 44.1 Å². The van der Waals surface area contributed by atoms with E-state index in [0.717, 1.165) is 44.0 Å². The first-order chi connectivity index (χ1) is 15.7. The minimum atomic E-state index is 0.137. The highest BCUT2D eigenvalue weighted by molar-refractivity contribution is 7.99. The van der Waals surface area contributed by atoms with Crippen LogP contribution >= 0.6 is 23.1 Å². The number of aromatic nitrogens is 3. The van der Waals surface area contributed by atoms with E-state index in [1.165, 1.54) is 16.6 Å². The third-order valence-corrected chi connectivity index (χ3v) is 7.20. The Hall–Kier alpha value is -2.62. The average Bonchev–Trinajstić information content (AvgIpc) is 3.48. The van der Waals surface area contributed by atoms with Crippen molar-refractivity contribution in [1.82, 2.24) is 24.6 Å². The number of rotatable bonds is 9. The molecule has 32 heavy (non-hydrogen) atoms. The van der Waals surface area contributed by atoms with E-state index in [1.807, 2.05) is 33.7 Å². The zero-order chi connectivity index (χ0) is 22.3. The van der Waals surface area contributed by atoms with Crippen molar-refractivity contribution < 1.29 is 9.53 Å². The molecule has 0 aliphatic carbocycles. The molecule has 168 valence electrons. The number of hydrogen-bond donors (Lipinski definition) is 0. The standard InChI is InChI=1S/C23H27N5O2S2/c1-3-10-28-22(19-8-4-5-9-20(19)30-2)24-25-23(28)32-17-21(29)27-13-11-26(12-14-27)16-18-7-6-15-31-18/h3-9,15H,1,10-14,16-17H2,2H3. The van der Waals surface area contributed by atoms with Crippen molar-refractivity contribution in [2.24, 2.45) is 0 Å². The van der Waals surface area contributed by atoms with Crippen molar-refractivity contribution in [3.63, 3.8) is 0 Å². The van der Waals surface area contributed by atoms with Crippen molar-refractivity contribution >= 4 is 29.0 Å². The fraction of sp³-hybridized carbons (Fsp3) is 0.348. The summed E-state index contributed by atoms with van der Waals surface area (Å²) >= 11 is 3.20. The Balaban J connectivity index is 1.37. The Morgan fingerprint density at radius 3 is 2.72 bits per heavy atom. The molecule has 9 heteroatoms. The van der Waals surface area contributed by atoms with Crippen LogP contribution in [0.3, 0.4) is 0 Å². The lowest BCUT2D eigenvalue weighted by molar-refractivity contribution is -0.130. The second kappa shape index (κ2) is 10.8. The molecule has 2 aromatic heterocycles. The van der Waals surface area contributed by atoms with Gasteiger partial charge in [0.25, 0.3) is 0 Å². The number of piperazine rings is 1. The number of amides is 1. The predicted octanol–water partition coefficient (Wildman–Crippen LogP) is 3.64. The summed E-state index contributed by atoms with van der Waals surface area (Å²) in [7, 11) is 1.64. The lowest BCUT2D eigenvalue weighted by Crippen LogP contribution is -2.48. The number of allylic oxidation sites excluding steroid dienone is 1. The minimum Gasteiger partial charge on any atom is -0.496 e. The van der Waals surface area contributed by atoms with E-state index in [4.69, 9.17) is 4.74 Å². The summed E-state index contributed by atoms with van der Waals surface area (Å²) in [6.45, 7) is 8.70. The molecule has 0 saturated carbocycles. The van der Waals surface area contributed by atoms with Crippen LogP contribution in [0.2, 0.25) is 0 Å². The number of hydrogen-bond acceptors (Lipinski definition) is 7. The zero-order valence-corrected chi connectivity index (χ0v) is 19.8. The largest absolute Gasteiger partial charge is 0.496 e. The molecule has 0 radical (unpaired) electrons. The van der Waals surface area contributed by atoms with E-state index >= 15 is 0 Å². The molecule has 0 N–H and O–H groups in total. The summed E-state index contributed by atoms with van der Waals surface area (Å²) in [6.07, 6.45) is 1.81. The van der Waals surface area contributed by atoms with Crippen LogP contribution in [0.5, 0.6) is 5.75 Å². The van der Waals surface area contributed by atoms with Crippen molar-refractivity contribution in [1.29, 1.82) is 0 Å². The second-order valence-corrected chi connectivity index (χ2v) is 9.41. The summed E-state index contributed by atoms with van der Waals surface area (Å²) in [5.74, 6) is 1.92. The fourth-order valence-corrected chi connectivity index (χ4v) is 5.31. The van der Waals surface area contributed by atoms with Gasteiger partial charge in [0.2, 0.25) is 5.91 Å². The van der Waals surface area contributed by atoms with E-state index in [0.29, 0.717) is 23.3 Å². The molecule has 1 aliphatic heterocycles. The molecule has 1 aromatic carbocycles. The third-order valence-electron chi connectivity index (χ3n) is 5.39. The van der Waals surface area contributed by atoms with Gasteiger partial charge in [-0.05, 0) is 23.6 Å². The summed E-state index contributed by atoms with van der Waals surface area (Å²) < 4.78 is 7.46. The third kappa shape index (κ3) is 5.23. The fourth-order valence-electron chi connectivity index (χ4n) is 3.71. The summed E-state index contributed by atoms with van der Waals surface area (Å²) in [5.41, 5.74) is 0.865. The van der Waals surface area contributed by atoms with Gasteiger partial charge in [-0.1, -0.05) is 36.0 Å². The van der Waals surface area contributed by atoms with Crippen molar-refractivity contribution in [3.05, 3.63) is 59.3 Å². The van der Waals surface area contributed by atoms with Gasteiger partial charge >= 0.3 is 0 Å². The van der Waals surface area contributed by atoms with Crippen LogP contribution in [0.15, 0.2) is 59.6 Å². The number of methoxy groups -OCH3 is 1. The van der Waals surface area contributed by atoms with Gasteiger partial charge in [-0.25, -0.2) is 0 Å². The van der Waals surface area contributed by atoms with Crippen LogP contribution in [0.4, 0.5) is 0 Å². The molecule has 1 amide bonds. The smallest absolute Gasteiger partial charge is 0.233 e. The summed E-state index contributed by atoms with van der Waals surface area (Å²) in [6, 6.07) is 12.0. The first-order valence-electron chi connectivity index (χ1n) is 10.5. The van der Waals surface area contributed by atoms with Gasteiger partial charge < -0.3 is 9.64 Å². The molecule has 1 saturated heterocycles. The van der Waals surface area contributed by atoms with Gasteiger partial charge in [0.15, 0.2) is 11.0 Å². The Kier molecular flexibility index (Phi) is 7.62. The number of nitrogens with zero attached hydrogens (tertiary/aromatic N) is 5.